The molecule has 0 unspecified atom stereocenters. The van der Waals surface area contributed by atoms with Crippen LogP contribution in [-0.2, 0) is 6.54 Å². The highest BCUT2D eigenvalue weighted by Gasteiger charge is 2.08. The lowest BCUT2D eigenvalue weighted by atomic mass is 10.2. The van der Waals surface area contributed by atoms with Crippen LogP contribution in [0.2, 0.25) is 5.15 Å². The van der Waals surface area contributed by atoms with Crippen LogP contribution in [0.15, 0.2) is 29.2 Å². The molecule has 0 fully saturated rings. The van der Waals surface area contributed by atoms with Crippen LogP contribution in [0.4, 0.5) is 0 Å². The molecule has 0 radical (unpaired) electrons. The lowest BCUT2D eigenvalue weighted by Gasteiger charge is -2.09. The Morgan fingerprint density at radius 3 is 3.00 bits per heavy atom. The van der Waals surface area contributed by atoms with Crippen molar-refractivity contribution < 1.29 is 0 Å². The highest BCUT2D eigenvalue weighted by Crippen LogP contribution is 2.08. The van der Waals surface area contributed by atoms with Gasteiger partial charge < -0.3 is 0 Å². The lowest BCUT2D eigenvalue weighted by molar-refractivity contribution is 0.697. The van der Waals surface area contributed by atoms with E-state index < -0.39 is 0 Å². The first-order valence-electron chi connectivity index (χ1n) is 5.20. The van der Waals surface area contributed by atoms with E-state index in [4.69, 9.17) is 16.9 Å². The quantitative estimate of drug-likeness (QED) is 0.768. The molecule has 0 aromatic carbocycles. The van der Waals surface area contributed by atoms with Gasteiger partial charge in [-0.05, 0) is 13.0 Å². The summed E-state index contributed by atoms with van der Waals surface area (Å²) in [7, 11) is 0. The fourth-order valence-corrected chi connectivity index (χ4v) is 1.83. The van der Waals surface area contributed by atoms with E-state index in [1.165, 1.54) is 16.8 Å². The maximum absolute atomic E-state index is 11.8. The summed E-state index contributed by atoms with van der Waals surface area (Å²) in [5.41, 5.74) is 0.730. The summed E-state index contributed by atoms with van der Waals surface area (Å²) in [4.78, 5) is 19.8. The predicted molar refractivity (Wildman–Crippen MR) is 66.3 cm³/mol. The van der Waals surface area contributed by atoms with E-state index in [9.17, 15) is 4.79 Å². The normalized spacial score (nSPS) is 10.1. The van der Waals surface area contributed by atoms with E-state index in [0.717, 1.165) is 0 Å². The summed E-state index contributed by atoms with van der Waals surface area (Å²) in [6.45, 7) is 1.95. The maximum Gasteiger partial charge on any atom is 0.255 e. The van der Waals surface area contributed by atoms with Crippen LogP contribution in [0.3, 0.4) is 0 Å². The molecule has 0 amide bonds. The van der Waals surface area contributed by atoms with Crippen molar-refractivity contribution in [1.82, 2.24) is 14.5 Å². The Bertz CT molecular complexity index is 687. The first kappa shape index (κ1) is 12.3. The smallest absolute Gasteiger partial charge is 0.255 e. The molecule has 0 bridgehead atoms. The van der Waals surface area contributed by atoms with Gasteiger partial charge in [-0.15, -0.1) is 0 Å². The minimum atomic E-state index is -0.250. The van der Waals surface area contributed by atoms with Crippen molar-refractivity contribution in [3.05, 3.63) is 57.0 Å². The van der Waals surface area contributed by atoms with Gasteiger partial charge >= 0.3 is 0 Å². The zero-order valence-corrected chi connectivity index (χ0v) is 10.3. The standard InChI is InChI=1S/C12H9ClN4O/c1-8-16-11(13)5-12(18)17(8)7-9-3-2-4-15-10(9)6-14/h2-5H,7H2,1H3. The number of rotatable bonds is 2. The molecule has 2 heterocycles. The molecular formula is C12H9ClN4O. The molecule has 5 nitrogen and oxygen atoms in total. The maximum atomic E-state index is 11.8. The fraction of sp³-hybridized carbons (Fsp3) is 0.167. The summed E-state index contributed by atoms with van der Waals surface area (Å²) < 4.78 is 1.45. The molecule has 0 saturated carbocycles. The third-order valence-electron chi connectivity index (χ3n) is 2.49. The monoisotopic (exact) mass is 260 g/mol. The van der Waals surface area contributed by atoms with Gasteiger partial charge in [-0.2, -0.15) is 5.26 Å². The van der Waals surface area contributed by atoms with Gasteiger partial charge in [0.05, 0.1) is 6.54 Å². The van der Waals surface area contributed by atoms with Crippen LogP contribution in [0.1, 0.15) is 17.1 Å². The molecule has 0 saturated heterocycles. The number of hydrogen-bond acceptors (Lipinski definition) is 4. The van der Waals surface area contributed by atoms with Gasteiger partial charge in [0, 0.05) is 17.8 Å². The summed E-state index contributed by atoms with van der Waals surface area (Å²) in [5, 5.41) is 9.11. The molecule has 2 aromatic heterocycles. The largest absolute Gasteiger partial charge is 0.292 e. The number of halogens is 1. The van der Waals surface area contributed by atoms with E-state index >= 15 is 0 Å². The number of aromatic nitrogens is 3. The Morgan fingerprint density at radius 1 is 1.56 bits per heavy atom. The molecule has 0 spiro atoms. The van der Waals surface area contributed by atoms with Crippen molar-refractivity contribution in [3.8, 4) is 6.07 Å². The van der Waals surface area contributed by atoms with Gasteiger partial charge in [-0.3, -0.25) is 9.36 Å². The molecule has 18 heavy (non-hydrogen) atoms. The Hall–Kier alpha value is -2.19. The molecular weight excluding hydrogens is 252 g/mol. The zero-order valence-electron chi connectivity index (χ0n) is 9.59. The highest BCUT2D eigenvalue weighted by atomic mass is 35.5. The fourth-order valence-electron chi connectivity index (χ4n) is 1.62. The first-order valence-corrected chi connectivity index (χ1v) is 5.57. The molecule has 2 rings (SSSR count). The highest BCUT2D eigenvalue weighted by molar-refractivity contribution is 6.29. The molecule has 6 heteroatoms. The predicted octanol–water partition coefficient (Wildman–Crippen LogP) is 1.52. The minimum absolute atomic E-state index is 0.167. The molecule has 90 valence electrons. The molecule has 0 atom stereocenters. The van der Waals surface area contributed by atoms with E-state index in [1.54, 1.807) is 19.1 Å². The van der Waals surface area contributed by atoms with Crippen molar-refractivity contribution in [2.24, 2.45) is 0 Å². The number of nitriles is 1. The molecule has 0 N–H and O–H groups in total. The number of aryl methyl sites for hydroxylation is 1. The average molecular weight is 261 g/mol. The zero-order chi connectivity index (χ0) is 13.1. The van der Waals surface area contributed by atoms with E-state index in [0.29, 0.717) is 17.1 Å². The van der Waals surface area contributed by atoms with Crippen molar-refractivity contribution >= 4 is 11.6 Å². The van der Waals surface area contributed by atoms with Crippen LogP contribution in [0, 0.1) is 18.3 Å². The Balaban J connectivity index is 2.48. The third kappa shape index (κ3) is 2.39. The second kappa shape index (κ2) is 4.98. The van der Waals surface area contributed by atoms with Gasteiger partial charge in [0.25, 0.3) is 5.56 Å². The summed E-state index contributed by atoms with van der Waals surface area (Å²) in [5.74, 6) is 0.500. The van der Waals surface area contributed by atoms with Crippen molar-refractivity contribution in [1.29, 1.82) is 5.26 Å². The van der Waals surface area contributed by atoms with Crippen LogP contribution in [0.25, 0.3) is 0 Å². The molecule has 0 aliphatic heterocycles. The van der Waals surface area contributed by atoms with E-state index in [-0.39, 0.29) is 17.3 Å². The van der Waals surface area contributed by atoms with Crippen LogP contribution in [-0.4, -0.2) is 14.5 Å². The van der Waals surface area contributed by atoms with Gasteiger partial charge in [0.2, 0.25) is 0 Å². The Kier molecular flexibility index (Phi) is 3.40. The van der Waals surface area contributed by atoms with Crippen LogP contribution < -0.4 is 5.56 Å². The van der Waals surface area contributed by atoms with Crippen molar-refractivity contribution in [2.75, 3.05) is 0 Å². The summed E-state index contributed by atoms with van der Waals surface area (Å²) in [6.07, 6.45) is 1.54. The molecule has 2 aromatic rings. The summed E-state index contributed by atoms with van der Waals surface area (Å²) >= 11 is 5.69. The van der Waals surface area contributed by atoms with Crippen molar-refractivity contribution in [3.63, 3.8) is 0 Å². The third-order valence-corrected chi connectivity index (χ3v) is 2.69. The summed E-state index contributed by atoms with van der Waals surface area (Å²) in [6, 6.07) is 6.72. The first-order chi connectivity index (χ1) is 8.61. The lowest BCUT2D eigenvalue weighted by Crippen LogP contribution is -2.23. The second-order valence-electron chi connectivity index (χ2n) is 3.67. The molecule has 0 aliphatic rings. The molecule has 0 aliphatic carbocycles. The van der Waals surface area contributed by atoms with Gasteiger partial charge in [-0.1, -0.05) is 17.7 Å². The number of pyridine rings is 1. The second-order valence-corrected chi connectivity index (χ2v) is 4.06. The Labute approximate surface area is 108 Å². The Morgan fingerprint density at radius 2 is 2.33 bits per heavy atom. The van der Waals surface area contributed by atoms with Gasteiger partial charge in [0.15, 0.2) is 0 Å². The van der Waals surface area contributed by atoms with Gasteiger partial charge in [-0.25, -0.2) is 9.97 Å². The average Bonchev–Trinajstić information content (AvgIpc) is 2.34. The topological polar surface area (TPSA) is 71.6 Å². The minimum Gasteiger partial charge on any atom is -0.292 e. The van der Waals surface area contributed by atoms with Crippen LogP contribution in [0.5, 0.6) is 0 Å². The van der Waals surface area contributed by atoms with Crippen molar-refractivity contribution in [2.45, 2.75) is 13.5 Å². The van der Waals surface area contributed by atoms with E-state index in [2.05, 4.69) is 9.97 Å². The number of hydrogen-bond donors (Lipinski definition) is 0. The number of nitrogens with zero attached hydrogens (tertiary/aromatic N) is 4. The van der Waals surface area contributed by atoms with E-state index in [1.807, 2.05) is 6.07 Å². The van der Waals surface area contributed by atoms with Gasteiger partial charge in [0.1, 0.15) is 22.7 Å². The SMILES string of the molecule is Cc1nc(Cl)cc(=O)n1Cc1cccnc1C#N. The van der Waals surface area contributed by atoms with Crippen LogP contribution >= 0.6 is 11.6 Å².